The molecular weight excluding hydrogens is 570 g/mol. The van der Waals surface area contributed by atoms with Gasteiger partial charge >= 0.3 is 0 Å². The Bertz CT molecular complexity index is 2020. The number of aryl methyl sites for hydroxylation is 1. The fourth-order valence-electron chi connectivity index (χ4n) is 4.75. The Labute approximate surface area is 259 Å². The predicted molar refractivity (Wildman–Crippen MR) is 176 cm³/mol. The molecule has 0 unspecified atom stereocenters. The molecule has 222 valence electrons. The van der Waals surface area contributed by atoms with Crippen LogP contribution in [-0.2, 0) is 0 Å². The Morgan fingerprint density at radius 1 is 0.977 bits per heavy atom. The van der Waals surface area contributed by atoms with Crippen LogP contribution in [0.25, 0.3) is 39.4 Å². The quantitative estimate of drug-likeness (QED) is 0.157. The van der Waals surface area contributed by atoms with E-state index in [2.05, 4.69) is 36.6 Å². The maximum atomic E-state index is 13.5. The minimum absolute atomic E-state index is 0.224. The third kappa shape index (κ3) is 6.18. The molecule has 0 radical (unpaired) electrons. The van der Waals surface area contributed by atoms with Gasteiger partial charge in [-0.2, -0.15) is 14.6 Å². The molecule has 44 heavy (non-hydrogen) atoms. The van der Waals surface area contributed by atoms with E-state index in [1.165, 1.54) is 15.9 Å². The molecule has 0 aliphatic carbocycles. The van der Waals surface area contributed by atoms with E-state index in [0.717, 1.165) is 51.6 Å². The van der Waals surface area contributed by atoms with Gasteiger partial charge in [0, 0.05) is 22.9 Å². The largest absolute Gasteiger partial charge is 0.493 e. The summed E-state index contributed by atoms with van der Waals surface area (Å²) in [6, 6.07) is 23.5. The van der Waals surface area contributed by atoms with Crippen LogP contribution in [0, 0.1) is 12.8 Å². The van der Waals surface area contributed by atoms with Crippen molar-refractivity contribution in [1.29, 1.82) is 0 Å². The number of para-hydroxylation sites is 1. The third-order valence-corrected chi connectivity index (χ3v) is 8.07. The lowest BCUT2D eigenvalue weighted by atomic mass is 10.0. The van der Waals surface area contributed by atoms with E-state index in [4.69, 9.17) is 14.6 Å². The van der Waals surface area contributed by atoms with Crippen LogP contribution in [0.15, 0.2) is 96.4 Å². The van der Waals surface area contributed by atoms with E-state index in [1.54, 1.807) is 6.08 Å². The van der Waals surface area contributed by atoms with Crippen LogP contribution in [0.5, 0.6) is 11.5 Å². The van der Waals surface area contributed by atoms with Gasteiger partial charge in [0.05, 0.1) is 16.8 Å². The van der Waals surface area contributed by atoms with E-state index in [-0.39, 0.29) is 5.56 Å². The van der Waals surface area contributed by atoms with Crippen LogP contribution < -0.4 is 19.6 Å². The highest BCUT2D eigenvalue weighted by Gasteiger charge is 2.16. The van der Waals surface area contributed by atoms with Crippen LogP contribution in [0.2, 0.25) is 0 Å². The zero-order valence-corrected chi connectivity index (χ0v) is 25.8. The molecular formula is C35H33N5O3S. The number of aromatic nitrogens is 5. The van der Waals surface area contributed by atoms with Gasteiger partial charge in [0.2, 0.25) is 4.96 Å². The highest BCUT2D eigenvalue weighted by molar-refractivity contribution is 7.15. The van der Waals surface area contributed by atoms with Crippen molar-refractivity contribution in [3.05, 3.63) is 118 Å². The molecule has 0 bridgehead atoms. The van der Waals surface area contributed by atoms with Crippen molar-refractivity contribution in [2.75, 3.05) is 13.2 Å². The van der Waals surface area contributed by atoms with Crippen molar-refractivity contribution >= 4 is 22.4 Å². The molecule has 0 saturated carbocycles. The lowest BCUT2D eigenvalue weighted by Crippen LogP contribution is -2.23. The topological polar surface area (TPSA) is 83.5 Å². The van der Waals surface area contributed by atoms with Crippen molar-refractivity contribution in [3.63, 3.8) is 0 Å². The molecule has 0 aliphatic heterocycles. The number of fused-ring (bicyclic) bond motifs is 1. The Balaban J connectivity index is 1.36. The normalized spacial score (nSPS) is 11.9. The van der Waals surface area contributed by atoms with Gasteiger partial charge in [-0.25, -0.2) is 4.68 Å². The molecule has 3 aromatic carbocycles. The predicted octanol–water partition coefficient (Wildman–Crippen LogP) is 6.52. The smallest absolute Gasteiger partial charge is 0.291 e. The van der Waals surface area contributed by atoms with Crippen molar-refractivity contribution in [3.8, 4) is 39.8 Å². The summed E-state index contributed by atoms with van der Waals surface area (Å²) in [5.41, 5.74) is 5.06. The molecule has 8 nitrogen and oxygen atoms in total. The van der Waals surface area contributed by atoms with E-state index in [9.17, 15) is 4.79 Å². The number of ether oxygens (including phenoxy) is 2. The number of hydrogen-bond acceptors (Lipinski definition) is 7. The van der Waals surface area contributed by atoms with Gasteiger partial charge in [-0.1, -0.05) is 56.0 Å². The maximum absolute atomic E-state index is 13.5. The number of benzene rings is 3. The molecule has 0 amide bonds. The minimum Gasteiger partial charge on any atom is -0.493 e. The summed E-state index contributed by atoms with van der Waals surface area (Å²) in [6.45, 7) is 11.2. The number of nitrogens with zero attached hydrogens (tertiary/aromatic N) is 5. The first-order chi connectivity index (χ1) is 21.4. The van der Waals surface area contributed by atoms with Gasteiger partial charge in [-0.05, 0) is 85.5 Å². The Morgan fingerprint density at radius 3 is 2.45 bits per heavy atom. The highest BCUT2D eigenvalue weighted by Crippen LogP contribution is 2.29. The van der Waals surface area contributed by atoms with Gasteiger partial charge < -0.3 is 9.47 Å². The zero-order chi connectivity index (χ0) is 30.6. The summed E-state index contributed by atoms with van der Waals surface area (Å²) in [6.07, 6.45) is 6.51. The van der Waals surface area contributed by atoms with Crippen LogP contribution in [0.4, 0.5) is 0 Å². The molecule has 9 heteroatoms. The maximum Gasteiger partial charge on any atom is 0.291 e. The van der Waals surface area contributed by atoms with E-state index in [0.29, 0.717) is 34.4 Å². The molecule has 0 saturated heterocycles. The van der Waals surface area contributed by atoms with Crippen molar-refractivity contribution < 1.29 is 9.47 Å². The molecule has 0 N–H and O–H groups in total. The first kappa shape index (κ1) is 29.1. The van der Waals surface area contributed by atoms with E-state index < -0.39 is 0 Å². The number of hydrogen-bond donors (Lipinski definition) is 0. The average Bonchev–Trinajstić information content (AvgIpc) is 3.72. The molecule has 0 atom stereocenters. The summed E-state index contributed by atoms with van der Waals surface area (Å²) >= 11 is 1.30. The van der Waals surface area contributed by atoms with E-state index in [1.807, 2.05) is 90.6 Å². The summed E-state index contributed by atoms with van der Waals surface area (Å²) in [4.78, 5) is 18.7. The molecule has 0 spiro atoms. The highest BCUT2D eigenvalue weighted by atomic mass is 32.1. The summed E-state index contributed by atoms with van der Waals surface area (Å²) in [5.74, 6) is 2.66. The fourth-order valence-corrected chi connectivity index (χ4v) is 5.64. The Hall–Kier alpha value is -5.02. The molecule has 0 fully saturated rings. The first-order valence-corrected chi connectivity index (χ1v) is 15.4. The standard InChI is InChI=1S/C35H33N5O3S/c1-5-18-42-29-14-11-25(12-15-29)33-36-35-40(38-33)34(41)31(44-35)21-27-22-39(28-9-7-6-8-10-28)37-32(27)26-13-16-30(24(4)20-26)43-19-17-23(2)3/h5-16,20-23H,1,17-19H2,2-4H3. The second-order valence-corrected chi connectivity index (χ2v) is 11.9. The van der Waals surface area contributed by atoms with Gasteiger partial charge in [0.25, 0.3) is 5.56 Å². The Morgan fingerprint density at radius 2 is 1.75 bits per heavy atom. The second-order valence-electron chi connectivity index (χ2n) is 10.9. The van der Waals surface area contributed by atoms with Gasteiger partial charge in [-0.15, -0.1) is 5.10 Å². The molecule has 6 aromatic rings. The zero-order valence-electron chi connectivity index (χ0n) is 24.9. The van der Waals surface area contributed by atoms with Crippen molar-refractivity contribution in [2.45, 2.75) is 27.2 Å². The minimum atomic E-state index is -0.224. The van der Waals surface area contributed by atoms with Crippen LogP contribution in [0.3, 0.4) is 0 Å². The lowest BCUT2D eigenvalue weighted by Gasteiger charge is -2.11. The summed E-state index contributed by atoms with van der Waals surface area (Å²) in [5, 5.41) is 9.47. The van der Waals surface area contributed by atoms with Gasteiger partial charge in [0.1, 0.15) is 23.8 Å². The molecule has 3 heterocycles. The summed E-state index contributed by atoms with van der Waals surface area (Å²) < 4.78 is 15.3. The van der Waals surface area contributed by atoms with Crippen molar-refractivity contribution in [1.82, 2.24) is 24.4 Å². The van der Waals surface area contributed by atoms with Crippen LogP contribution >= 0.6 is 11.3 Å². The average molecular weight is 604 g/mol. The monoisotopic (exact) mass is 603 g/mol. The molecule has 0 aliphatic rings. The summed E-state index contributed by atoms with van der Waals surface area (Å²) in [7, 11) is 0. The number of thiazole rings is 1. The molecule has 3 aromatic heterocycles. The third-order valence-electron chi connectivity index (χ3n) is 7.11. The van der Waals surface area contributed by atoms with E-state index >= 15 is 0 Å². The Kier molecular flexibility index (Phi) is 8.38. The van der Waals surface area contributed by atoms with Crippen molar-refractivity contribution in [2.24, 2.45) is 5.92 Å². The number of rotatable bonds is 11. The van der Waals surface area contributed by atoms with Crippen LogP contribution in [-0.4, -0.2) is 37.6 Å². The molecule has 6 rings (SSSR count). The second kappa shape index (κ2) is 12.7. The van der Waals surface area contributed by atoms with Gasteiger partial charge in [0.15, 0.2) is 5.82 Å². The SMILES string of the molecule is C=CCOc1ccc(-c2nc3sc(=Cc4cn(-c5ccccc5)nc4-c4ccc(OCCC(C)C)c(C)c4)c(=O)n3n2)cc1. The lowest BCUT2D eigenvalue weighted by molar-refractivity contribution is 0.288. The first-order valence-electron chi connectivity index (χ1n) is 14.5. The fraction of sp³-hybridized carbons (Fsp3) is 0.200. The van der Waals surface area contributed by atoms with Gasteiger partial charge in [-0.3, -0.25) is 4.79 Å². The van der Waals surface area contributed by atoms with Crippen LogP contribution in [0.1, 0.15) is 31.4 Å².